The van der Waals surface area contributed by atoms with E-state index in [0.29, 0.717) is 23.2 Å². The Labute approximate surface area is 190 Å². The molecule has 1 aliphatic rings. The largest absolute Gasteiger partial charge is 0.352 e. The van der Waals surface area contributed by atoms with Crippen molar-refractivity contribution in [1.82, 2.24) is 19.8 Å². The van der Waals surface area contributed by atoms with Crippen LogP contribution in [0, 0.1) is 0 Å². The molecule has 0 saturated heterocycles. The summed E-state index contributed by atoms with van der Waals surface area (Å²) in [4.78, 5) is 43.1. The first-order valence-electron chi connectivity index (χ1n) is 10.8. The average Bonchev–Trinajstić information content (AvgIpc) is 3.37. The lowest BCUT2D eigenvalue weighted by molar-refractivity contribution is 0.0641. The van der Waals surface area contributed by atoms with Gasteiger partial charge in [0, 0.05) is 18.7 Å². The minimum absolute atomic E-state index is 0.155. The van der Waals surface area contributed by atoms with Crippen LogP contribution in [-0.4, -0.2) is 38.7 Å². The Morgan fingerprint density at radius 2 is 1.52 bits per heavy atom. The van der Waals surface area contributed by atoms with E-state index in [0.717, 1.165) is 29.6 Å². The van der Waals surface area contributed by atoms with E-state index < -0.39 is 0 Å². The molecule has 4 aromatic rings. The number of para-hydroxylation sites is 2. The number of fused-ring (bicyclic) bond motifs is 2. The highest BCUT2D eigenvalue weighted by atomic mass is 16.2. The fourth-order valence-corrected chi connectivity index (χ4v) is 4.07. The molecule has 164 valence electrons. The number of hydrogen-bond acceptors (Lipinski definition) is 4. The van der Waals surface area contributed by atoms with Crippen LogP contribution < -0.4 is 5.32 Å². The summed E-state index contributed by atoms with van der Waals surface area (Å²) in [5.74, 6) is -0.732. The molecule has 0 saturated carbocycles. The number of carbonyl (C=O) groups excluding carboxylic acids is 3. The number of aryl methyl sites for hydroxylation is 1. The second-order valence-corrected chi connectivity index (χ2v) is 7.98. The predicted molar refractivity (Wildman–Crippen MR) is 124 cm³/mol. The molecule has 0 aliphatic carbocycles. The van der Waals surface area contributed by atoms with E-state index in [2.05, 4.69) is 14.9 Å². The van der Waals surface area contributed by atoms with Gasteiger partial charge in [-0.25, -0.2) is 4.98 Å². The van der Waals surface area contributed by atoms with Crippen molar-refractivity contribution in [2.24, 2.45) is 0 Å². The van der Waals surface area contributed by atoms with Crippen molar-refractivity contribution in [3.63, 3.8) is 0 Å². The first-order valence-corrected chi connectivity index (χ1v) is 10.8. The summed E-state index contributed by atoms with van der Waals surface area (Å²) >= 11 is 0. The second-order valence-electron chi connectivity index (χ2n) is 7.98. The van der Waals surface area contributed by atoms with Gasteiger partial charge >= 0.3 is 0 Å². The molecule has 3 amide bonds. The molecule has 1 aliphatic heterocycles. The number of rotatable bonds is 7. The Morgan fingerprint density at radius 1 is 0.848 bits per heavy atom. The van der Waals surface area contributed by atoms with Crippen LogP contribution in [0.5, 0.6) is 0 Å². The van der Waals surface area contributed by atoms with Gasteiger partial charge in [-0.3, -0.25) is 19.3 Å². The Hall–Kier alpha value is -4.26. The van der Waals surface area contributed by atoms with Crippen molar-refractivity contribution in [2.45, 2.75) is 19.5 Å². The fourth-order valence-electron chi connectivity index (χ4n) is 4.07. The van der Waals surface area contributed by atoms with Gasteiger partial charge in [0.2, 0.25) is 0 Å². The summed E-state index contributed by atoms with van der Waals surface area (Å²) in [5.41, 5.74) is 4.23. The Kier molecular flexibility index (Phi) is 5.44. The zero-order valence-electron chi connectivity index (χ0n) is 17.9. The molecule has 0 spiro atoms. The number of benzene rings is 3. The lowest BCUT2D eigenvalue weighted by Gasteiger charge is -2.14. The number of nitrogens with one attached hydrogen (secondary N) is 1. The molecule has 0 bridgehead atoms. The van der Waals surface area contributed by atoms with Crippen LogP contribution in [-0.2, 0) is 13.1 Å². The Balaban J connectivity index is 1.14. The molecule has 0 unspecified atom stereocenters. The number of imide groups is 1. The van der Waals surface area contributed by atoms with Crippen LogP contribution in [0.3, 0.4) is 0 Å². The van der Waals surface area contributed by atoms with Crippen LogP contribution in [0.1, 0.15) is 43.1 Å². The lowest BCUT2D eigenvalue weighted by Crippen LogP contribution is -2.29. The van der Waals surface area contributed by atoms with Crippen molar-refractivity contribution >= 4 is 28.8 Å². The van der Waals surface area contributed by atoms with Crippen LogP contribution in [0.2, 0.25) is 0 Å². The van der Waals surface area contributed by atoms with E-state index in [1.165, 1.54) is 4.90 Å². The van der Waals surface area contributed by atoms with Crippen LogP contribution in [0.15, 0.2) is 79.1 Å². The molecular formula is C26H22N4O3. The minimum atomic E-state index is -0.289. The number of imidazole rings is 1. The van der Waals surface area contributed by atoms with Gasteiger partial charge in [0.25, 0.3) is 17.7 Å². The summed E-state index contributed by atoms with van der Waals surface area (Å²) in [6.45, 7) is 1.48. The molecular weight excluding hydrogens is 416 g/mol. The summed E-state index contributed by atoms with van der Waals surface area (Å²) in [5, 5.41) is 2.94. The van der Waals surface area contributed by atoms with E-state index in [-0.39, 0.29) is 24.3 Å². The number of nitrogens with zero attached hydrogens (tertiary/aromatic N) is 3. The Morgan fingerprint density at radius 3 is 2.24 bits per heavy atom. The van der Waals surface area contributed by atoms with E-state index in [1.807, 2.05) is 30.6 Å². The SMILES string of the molecule is O=C(NCCCn1cnc2ccccc21)c1ccc(CN2C(=O)c3ccccc3C2=O)cc1. The molecule has 1 N–H and O–H groups in total. The topological polar surface area (TPSA) is 84.3 Å². The first-order chi connectivity index (χ1) is 16.1. The molecule has 0 atom stereocenters. The number of hydrogen-bond donors (Lipinski definition) is 1. The van der Waals surface area contributed by atoms with Gasteiger partial charge in [-0.2, -0.15) is 0 Å². The third-order valence-corrected chi connectivity index (χ3v) is 5.82. The summed E-state index contributed by atoms with van der Waals surface area (Å²) < 4.78 is 2.08. The van der Waals surface area contributed by atoms with Gasteiger partial charge < -0.3 is 9.88 Å². The summed E-state index contributed by atoms with van der Waals surface area (Å²) in [6, 6.07) is 21.8. The maximum atomic E-state index is 12.5. The monoisotopic (exact) mass is 438 g/mol. The third-order valence-electron chi connectivity index (χ3n) is 5.82. The maximum Gasteiger partial charge on any atom is 0.261 e. The van der Waals surface area contributed by atoms with Gasteiger partial charge in [0.1, 0.15) is 0 Å². The average molecular weight is 438 g/mol. The fraction of sp³-hybridized carbons (Fsp3) is 0.154. The molecule has 0 radical (unpaired) electrons. The minimum Gasteiger partial charge on any atom is -0.352 e. The van der Waals surface area contributed by atoms with E-state index in [4.69, 9.17) is 0 Å². The maximum absolute atomic E-state index is 12.5. The quantitative estimate of drug-likeness (QED) is 0.353. The molecule has 33 heavy (non-hydrogen) atoms. The predicted octanol–water partition coefficient (Wildman–Crippen LogP) is 3.65. The van der Waals surface area contributed by atoms with E-state index in [1.54, 1.807) is 48.5 Å². The Bertz CT molecular complexity index is 1320. The highest BCUT2D eigenvalue weighted by Crippen LogP contribution is 2.24. The van der Waals surface area contributed by atoms with Gasteiger partial charge in [0.05, 0.1) is 35.0 Å². The molecule has 0 fully saturated rings. The summed E-state index contributed by atoms with van der Waals surface area (Å²) in [7, 11) is 0. The number of aromatic nitrogens is 2. The van der Waals surface area contributed by atoms with Crippen LogP contribution >= 0.6 is 0 Å². The van der Waals surface area contributed by atoms with Gasteiger partial charge in [0.15, 0.2) is 0 Å². The van der Waals surface area contributed by atoms with E-state index >= 15 is 0 Å². The number of amides is 3. The van der Waals surface area contributed by atoms with Gasteiger partial charge in [-0.05, 0) is 48.4 Å². The molecule has 5 rings (SSSR count). The molecule has 1 aromatic heterocycles. The molecule has 2 heterocycles. The zero-order chi connectivity index (χ0) is 22.8. The van der Waals surface area contributed by atoms with Crippen molar-refractivity contribution in [3.8, 4) is 0 Å². The smallest absolute Gasteiger partial charge is 0.261 e. The summed E-state index contributed by atoms with van der Waals surface area (Å²) in [6.07, 6.45) is 2.60. The lowest BCUT2D eigenvalue weighted by atomic mass is 10.1. The van der Waals surface area contributed by atoms with Crippen molar-refractivity contribution in [1.29, 1.82) is 0 Å². The van der Waals surface area contributed by atoms with Crippen LogP contribution in [0.25, 0.3) is 11.0 Å². The molecule has 7 heteroatoms. The highest BCUT2D eigenvalue weighted by Gasteiger charge is 2.34. The zero-order valence-corrected chi connectivity index (χ0v) is 17.9. The van der Waals surface area contributed by atoms with Gasteiger partial charge in [-0.1, -0.05) is 36.4 Å². The van der Waals surface area contributed by atoms with Crippen molar-refractivity contribution in [2.75, 3.05) is 6.54 Å². The van der Waals surface area contributed by atoms with Crippen molar-refractivity contribution in [3.05, 3.63) is 101 Å². The standard InChI is InChI=1S/C26H22N4O3/c31-24(27-14-5-15-29-17-28-22-8-3-4-9-23(22)29)19-12-10-18(11-13-19)16-30-25(32)20-6-1-2-7-21(20)26(30)33/h1-4,6-13,17H,5,14-16H2,(H,27,31). The van der Waals surface area contributed by atoms with Crippen LogP contribution in [0.4, 0.5) is 0 Å². The highest BCUT2D eigenvalue weighted by molar-refractivity contribution is 6.21. The van der Waals surface area contributed by atoms with E-state index in [9.17, 15) is 14.4 Å². The third kappa shape index (κ3) is 4.01. The first kappa shape index (κ1) is 20.6. The number of carbonyl (C=O) groups is 3. The van der Waals surface area contributed by atoms with Crippen molar-refractivity contribution < 1.29 is 14.4 Å². The second kappa shape index (κ2) is 8.70. The molecule has 7 nitrogen and oxygen atoms in total. The van der Waals surface area contributed by atoms with Gasteiger partial charge in [-0.15, -0.1) is 0 Å². The molecule has 3 aromatic carbocycles. The normalized spacial score (nSPS) is 12.9.